The van der Waals surface area contributed by atoms with Crippen LogP contribution in [0, 0.1) is 0 Å². The first kappa shape index (κ1) is 12.2. The van der Waals surface area contributed by atoms with Crippen molar-refractivity contribution in [1.82, 2.24) is 14.8 Å². The van der Waals surface area contributed by atoms with Crippen LogP contribution in [0.25, 0.3) is 16.6 Å². The molecule has 0 saturated heterocycles. The molecule has 2 N–H and O–H groups in total. The molecule has 0 unspecified atom stereocenters. The van der Waals surface area contributed by atoms with Gasteiger partial charge in [-0.3, -0.25) is 0 Å². The lowest BCUT2D eigenvalue weighted by atomic mass is 10.1. The van der Waals surface area contributed by atoms with Gasteiger partial charge in [-0.2, -0.15) is 5.10 Å². The van der Waals surface area contributed by atoms with Crippen LogP contribution >= 0.6 is 0 Å². The highest BCUT2D eigenvalue weighted by molar-refractivity contribution is 5.93. The zero-order valence-electron chi connectivity index (χ0n) is 10.8. The number of hydrogen-bond acceptors (Lipinski definition) is 5. The van der Waals surface area contributed by atoms with Gasteiger partial charge in [0.25, 0.3) is 0 Å². The predicted molar refractivity (Wildman–Crippen MR) is 74.6 cm³/mol. The van der Waals surface area contributed by atoms with Crippen molar-refractivity contribution in [2.75, 3.05) is 12.8 Å². The van der Waals surface area contributed by atoms with Gasteiger partial charge in [-0.05, 0) is 11.5 Å². The molecule has 0 aliphatic rings. The summed E-state index contributed by atoms with van der Waals surface area (Å²) in [5.74, 6) is 0.0476. The Bertz CT molecular complexity index is 789. The van der Waals surface area contributed by atoms with E-state index in [4.69, 9.17) is 5.73 Å². The molecule has 100 valence electrons. The zero-order valence-corrected chi connectivity index (χ0v) is 10.8. The van der Waals surface area contributed by atoms with Crippen molar-refractivity contribution in [1.29, 1.82) is 0 Å². The second kappa shape index (κ2) is 4.65. The molecule has 0 bridgehead atoms. The van der Waals surface area contributed by atoms with E-state index in [0.717, 1.165) is 10.8 Å². The standard InChI is InChI=1S/C14H12N4O2/c1-20-14(19)12-11(15)8-18(17-12)13-10-5-3-2-4-9(10)6-7-16-13/h2-8H,15H2,1H3. The molecule has 6 nitrogen and oxygen atoms in total. The Morgan fingerprint density at radius 2 is 2.10 bits per heavy atom. The number of esters is 1. The number of nitrogens with zero attached hydrogens (tertiary/aromatic N) is 3. The van der Waals surface area contributed by atoms with E-state index >= 15 is 0 Å². The van der Waals surface area contributed by atoms with Crippen molar-refractivity contribution in [2.45, 2.75) is 0 Å². The number of anilines is 1. The molecule has 20 heavy (non-hydrogen) atoms. The zero-order chi connectivity index (χ0) is 14.1. The number of hydrogen-bond donors (Lipinski definition) is 1. The van der Waals surface area contributed by atoms with Crippen LogP contribution in [0.2, 0.25) is 0 Å². The smallest absolute Gasteiger partial charge is 0.360 e. The Balaban J connectivity index is 2.19. The molecular formula is C14H12N4O2. The number of nitrogens with two attached hydrogens (primary N) is 1. The van der Waals surface area contributed by atoms with Crippen LogP contribution in [-0.4, -0.2) is 27.8 Å². The number of carbonyl (C=O) groups is 1. The van der Waals surface area contributed by atoms with Crippen LogP contribution in [0.5, 0.6) is 0 Å². The van der Waals surface area contributed by atoms with Gasteiger partial charge >= 0.3 is 5.97 Å². The minimum atomic E-state index is -0.568. The van der Waals surface area contributed by atoms with Crippen LogP contribution in [0.3, 0.4) is 0 Å². The van der Waals surface area contributed by atoms with Gasteiger partial charge in [0, 0.05) is 11.6 Å². The van der Waals surface area contributed by atoms with E-state index in [-0.39, 0.29) is 11.4 Å². The third-order valence-corrected chi connectivity index (χ3v) is 2.99. The Morgan fingerprint density at radius 1 is 1.30 bits per heavy atom. The van der Waals surface area contributed by atoms with E-state index in [0.29, 0.717) is 5.82 Å². The summed E-state index contributed by atoms with van der Waals surface area (Å²) in [4.78, 5) is 15.9. The maximum atomic E-state index is 11.5. The lowest BCUT2D eigenvalue weighted by Crippen LogP contribution is -2.06. The summed E-state index contributed by atoms with van der Waals surface area (Å²) in [6.07, 6.45) is 3.24. The molecule has 0 radical (unpaired) electrons. The summed E-state index contributed by atoms with van der Waals surface area (Å²) in [6.45, 7) is 0. The molecule has 0 saturated carbocycles. The van der Waals surface area contributed by atoms with Gasteiger partial charge in [0.15, 0.2) is 11.5 Å². The SMILES string of the molecule is COC(=O)c1nn(-c2nccc3ccccc23)cc1N. The van der Waals surface area contributed by atoms with Gasteiger partial charge in [-0.1, -0.05) is 24.3 Å². The Labute approximate surface area is 114 Å². The quantitative estimate of drug-likeness (QED) is 0.716. The molecule has 3 aromatic rings. The second-order valence-corrected chi connectivity index (χ2v) is 4.22. The predicted octanol–water partition coefficient (Wildman–Crippen LogP) is 1.79. The first-order chi connectivity index (χ1) is 9.70. The molecule has 0 amide bonds. The molecule has 2 heterocycles. The van der Waals surface area contributed by atoms with Crippen molar-refractivity contribution in [3.05, 3.63) is 48.4 Å². The summed E-state index contributed by atoms with van der Waals surface area (Å²) in [7, 11) is 1.29. The minimum Gasteiger partial charge on any atom is -0.464 e. The molecule has 0 spiro atoms. The van der Waals surface area contributed by atoms with Crippen molar-refractivity contribution < 1.29 is 9.53 Å². The van der Waals surface area contributed by atoms with Crippen LogP contribution in [0.4, 0.5) is 5.69 Å². The molecule has 0 atom stereocenters. The second-order valence-electron chi connectivity index (χ2n) is 4.22. The molecular weight excluding hydrogens is 256 g/mol. The fourth-order valence-corrected chi connectivity index (χ4v) is 2.04. The minimum absolute atomic E-state index is 0.0854. The lowest BCUT2D eigenvalue weighted by molar-refractivity contribution is 0.0594. The molecule has 1 aromatic carbocycles. The molecule has 2 aromatic heterocycles. The van der Waals surface area contributed by atoms with Crippen molar-refractivity contribution in [3.8, 4) is 5.82 Å². The molecule has 6 heteroatoms. The number of ether oxygens (including phenoxy) is 1. The Morgan fingerprint density at radius 3 is 2.90 bits per heavy atom. The van der Waals surface area contributed by atoms with E-state index in [1.54, 1.807) is 12.4 Å². The van der Waals surface area contributed by atoms with Gasteiger partial charge in [-0.25, -0.2) is 14.5 Å². The number of rotatable bonds is 2. The number of nitrogen functional groups attached to an aromatic ring is 1. The Hall–Kier alpha value is -2.89. The molecule has 3 rings (SSSR count). The van der Waals surface area contributed by atoms with Gasteiger partial charge in [-0.15, -0.1) is 0 Å². The highest BCUT2D eigenvalue weighted by Crippen LogP contribution is 2.21. The average molecular weight is 268 g/mol. The highest BCUT2D eigenvalue weighted by Gasteiger charge is 2.17. The van der Waals surface area contributed by atoms with Crippen molar-refractivity contribution >= 4 is 22.4 Å². The molecule has 0 fully saturated rings. The first-order valence-electron chi connectivity index (χ1n) is 5.98. The third-order valence-electron chi connectivity index (χ3n) is 2.99. The number of methoxy groups -OCH3 is 1. The largest absolute Gasteiger partial charge is 0.464 e. The number of fused-ring (bicyclic) bond motifs is 1. The van der Waals surface area contributed by atoms with Gasteiger partial charge < -0.3 is 10.5 Å². The van der Waals surface area contributed by atoms with E-state index in [2.05, 4.69) is 14.8 Å². The summed E-state index contributed by atoms with van der Waals surface area (Å²) < 4.78 is 6.13. The summed E-state index contributed by atoms with van der Waals surface area (Å²) in [5, 5.41) is 6.11. The molecule has 0 aliphatic carbocycles. The van der Waals surface area contributed by atoms with Crippen LogP contribution < -0.4 is 5.73 Å². The topological polar surface area (TPSA) is 83.0 Å². The number of benzene rings is 1. The maximum Gasteiger partial charge on any atom is 0.360 e. The van der Waals surface area contributed by atoms with Gasteiger partial charge in [0.1, 0.15) is 0 Å². The normalized spacial score (nSPS) is 10.7. The summed E-state index contributed by atoms with van der Waals surface area (Å²) in [5.41, 5.74) is 6.13. The number of aromatic nitrogens is 3. The summed E-state index contributed by atoms with van der Waals surface area (Å²) >= 11 is 0. The lowest BCUT2D eigenvalue weighted by Gasteiger charge is -2.04. The number of carbonyl (C=O) groups excluding carboxylic acids is 1. The van der Waals surface area contributed by atoms with Crippen LogP contribution in [-0.2, 0) is 4.74 Å². The Kier molecular flexibility index (Phi) is 2.83. The first-order valence-corrected chi connectivity index (χ1v) is 5.98. The van der Waals surface area contributed by atoms with E-state index in [1.165, 1.54) is 11.8 Å². The monoisotopic (exact) mass is 268 g/mol. The van der Waals surface area contributed by atoms with Crippen molar-refractivity contribution in [3.63, 3.8) is 0 Å². The van der Waals surface area contributed by atoms with E-state index in [1.807, 2.05) is 30.3 Å². The molecule has 0 aliphatic heterocycles. The van der Waals surface area contributed by atoms with Gasteiger partial charge in [0.05, 0.1) is 19.0 Å². The van der Waals surface area contributed by atoms with E-state index < -0.39 is 5.97 Å². The fourth-order valence-electron chi connectivity index (χ4n) is 2.04. The average Bonchev–Trinajstić information content (AvgIpc) is 2.87. The summed E-state index contributed by atoms with van der Waals surface area (Å²) in [6, 6.07) is 9.69. The van der Waals surface area contributed by atoms with Crippen LogP contribution in [0.15, 0.2) is 42.7 Å². The fraction of sp³-hybridized carbons (Fsp3) is 0.0714. The number of pyridine rings is 1. The highest BCUT2D eigenvalue weighted by atomic mass is 16.5. The third kappa shape index (κ3) is 1.87. The van der Waals surface area contributed by atoms with Gasteiger partial charge in [0.2, 0.25) is 0 Å². The van der Waals surface area contributed by atoms with E-state index in [9.17, 15) is 4.79 Å². The van der Waals surface area contributed by atoms with Crippen LogP contribution in [0.1, 0.15) is 10.5 Å². The van der Waals surface area contributed by atoms with Crippen molar-refractivity contribution in [2.24, 2.45) is 0 Å². The maximum absolute atomic E-state index is 11.5.